The van der Waals surface area contributed by atoms with Gasteiger partial charge in [0.25, 0.3) is 0 Å². The molecule has 3 aromatic heterocycles. The fourth-order valence-corrected chi connectivity index (χ4v) is 3.12. The van der Waals surface area contributed by atoms with Gasteiger partial charge in [0.15, 0.2) is 5.69 Å². The van der Waals surface area contributed by atoms with Crippen molar-refractivity contribution >= 4 is 17.4 Å². The molecule has 0 radical (unpaired) electrons. The molecule has 4 heterocycles. The Labute approximate surface area is 151 Å². The van der Waals surface area contributed by atoms with E-state index in [1.54, 1.807) is 13.1 Å². The van der Waals surface area contributed by atoms with E-state index >= 15 is 0 Å². The Kier molecular flexibility index (Phi) is 4.53. The molecule has 3 aromatic rings. The number of imidazole rings is 1. The Morgan fingerprint density at radius 2 is 2.08 bits per heavy atom. The van der Waals surface area contributed by atoms with Gasteiger partial charge in [0.05, 0.1) is 25.5 Å². The number of morpholine rings is 1. The third-order valence-electron chi connectivity index (χ3n) is 4.36. The van der Waals surface area contributed by atoms with Crippen LogP contribution >= 0.6 is 0 Å². The molecule has 0 aromatic carbocycles. The largest absolute Gasteiger partial charge is 0.461 e. The maximum Gasteiger partial charge on any atom is 0.359 e. The number of pyridine rings is 2. The molecule has 1 fully saturated rings. The van der Waals surface area contributed by atoms with Crippen LogP contribution in [0.15, 0.2) is 42.7 Å². The first-order valence-corrected chi connectivity index (χ1v) is 8.71. The lowest BCUT2D eigenvalue weighted by Crippen LogP contribution is -2.36. The molecule has 26 heavy (non-hydrogen) atoms. The molecule has 1 saturated heterocycles. The molecule has 1 aliphatic rings. The summed E-state index contributed by atoms with van der Waals surface area (Å²) < 4.78 is 12.5. The highest BCUT2D eigenvalue weighted by molar-refractivity contribution is 5.95. The molecular formula is C19H20N4O3. The Hall–Kier alpha value is -2.93. The average Bonchev–Trinajstić information content (AvgIpc) is 3.09. The molecule has 7 nitrogen and oxygen atoms in total. The summed E-state index contributed by atoms with van der Waals surface area (Å²) >= 11 is 0. The lowest BCUT2D eigenvalue weighted by molar-refractivity contribution is 0.0521. The Morgan fingerprint density at radius 3 is 2.81 bits per heavy atom. The highest BCUT2D eigenvalue weighted by Gasteiger charge is 2.22. The van der Waals surface area contributed by atoms with E-state index in [1.807, 2.05) is 40.9 Å². The summed E-state index contributed by atoms with van der Waals surface area (Å²) in [5.41, 5.74) is 2.52. The minimum atomic E-state index is -0.427. The Morgan fingerprint density at radius 1 is 1.23 bits per heavy atom. The number of fused-ring (bicyclic) bond motifs is 1. The maximum absolute atomic E-state index is 12.4. The van der Waals surface area contributed by atoms with E-state index in [9.17, 15) is 4.79 Å². The third kappa shape index (κ3) is 3.01. The minimum Gasteiger partial charge on any atom is -0.461 e. The van der Waals surface area contributed by atoms with E-state index in [-0.39, 0.29) is 0 Å². The van der Waals surface area contributed by atoms with E-state index in [1.165, 1.54) is 0 Å². The van der Waals surface area contributed by atoms with Gasteiger partial charge in [0.2, 0.25) is 0 Å². The van der Waals surface area contributed by atoms with Crippen LogP contribution in [0, 0.1) is 0 Å². The second kappa shape index (κ2) is 7.13. The average molecular weight is 352 g/mol. The van der Waals surface area contributed by atoms with E-state index in [0.29, 0.717) is 36.9 Å². The van der Waals surface area contributed by atoms with E-state index in [0.717, 1.165) is 24.5 Å². The number of nitrogens with zero attached hydrogens (tertiary/aromatic N) is 4. The van der Waals surface area contributed by atoms with Crippen molar-refractivity contribution in [2.45, 2.75) is 6.92 Å². The monoisotopic (exact) mass is 352 g/mol. The Balaban J connectivity index is 1.75. The number of rotatable bonds is 4. The van der Waals surface area contributed by atoms with Crippen LogP contribution in [0.3, 0.4) is 0 Å². The normalized spacial score (nSPS) is 14.6. The van der Waals surface area contributed by atoms with Gasteiger partial charge in [-0.25, -0.2) is 14.8 Å². The number of carbonyl (C=O) groups excluding carboxylic acids is 1. The van der Waals surface area contributed by atoms with Gasteiger partial charge < -0.3 is 14.4 Å². The number of ether oxygens (including phenoxy) is 2. The van der Waals surface area contributed by atoms with Gasteiger partial charge in [-0.2, -0.15) is 0 Å². The molecule has 7 heteroatoms. The van der Waals surface area contributed by atoms with Crippen molar-refractivity contribution in [2.75, 3.05) is 37.8 Å². The summed E-state index contributed by atoms with van der Waals surface area (Å²) in [5.74, 6) is 0.479. The number of anilines is 1. The van der Waals surface area contributed by atoms with Gasteiger partial charge in [-0.1, -0.05) is 6.07 Å². The van der Waals surface area contributed by atoms with Crippen molar-refractivity contribution in [1.82, 2.24) is 14.4 Å². The van der Waals surface area contributed by atoms with Gasteiger partial charge in [-0.3, -0.25) is 4.40 Å². The van der Waals surface area contributed by atoms with E-state index in [2.05, 4.69) is 14.9 Å². The number of esters is 1. The molecule has 0 atom stereocenters. The van der Waals surface area contributed by atoms with Crippen LogP contribution in [0.1, 0.15) is 17.4 Å². The molecule has 4 rings (SSSR count). The van der Waals surface area contributed by atoms with Gasteiger partial charge in [0.1, 0.15) is 11.5 Å². The second-order valence-corrected chi connectivity index (χ2v) is 5.96. The van der Waals surface area contributed by atoms with E-state index < -0.39 is 5.97 Å². The molecule has 0 aliphatic carbocycles. The number of aromatic nitrogens is 3. The van der Waals surface area contributed by atoms with Gasteiger partial charge in [0, 0.05) is 31.0 Å². The van der Waals surface area contributed by atoms with Crippen LogP contribution in [0.25, 0.3) is 16.9 Å². The van der Waals surface area contributed by atoms with Crippen molar-refractivity contribution in [3.8, 4) is 11.3 Å². The fraction of sp³-hybridized carbons (Fsp3) is 0.316. The topological polar surface area (TPSA) is 69.0 Å². The van der Waals surface area contributed by atoms with Gasteiger partial charge in [-0.15, -0.1) is 0 Å². The zero-order valence-corrected chi connectivity index (χ0v) is 14.6. The standard InChI is InChI=1S/C19H20N4O3/c1-2-26-19(24)17-18(23-8-4-3-5-16(23)21-17)14-6-7-15(20-13-14)22-9-11-25-12-10-22/h3-8,13H,2,9-12H2,1H3. The SMILES string of the molecule is CCOC(=O)c1nc2ccccn2c1-c1ccc(N2CCOCC2)nc1. The van der Waals surface area contributed by atoms with Crippen LogP contribution in [-0.4, -0.2) is 53.2 Å². The third-order valence-corrected chi connectivity index (χ3v) is 4.36. The lowest BCUT2D eigenvalue weighted by atomic mass is 10.1. The number of hydrogen-bond acceptors (Lipinski definition) is 6. The predicted molar refractivity (Wildman–Crippen MR) is 97.4 cm³/mol. The number of hydrogen-bond donors (Lipinski definition) is 0. The van der Waals surface area contributed by atoms with Crippen molar-refractivity contribution in [3.05, 3.63) is 48.4 Å². The first kappa shape index (κ1) is 16.5. The summed E-state index contributed by atoms with van der Waals surface area (Å²) in [7, 11) is 0. The predicted octanol–water partition coefficient (Wildman–Crippen LogP) is 2.41. The molecule has 0 amide bonds. The first-order valence-electron chi connectivity index (χ1n) is 8.71. The highest BCUT2D eigenvalue weighted by Crippen LogP contribution is 2.27. The number of carbonyl (C=O) groups is 1. The highest BCUT2D eigenvalue weighted by atomic mass is 16.5. The summed E-state index contributed by atoms with van der Waals surface area (Å²) in [6.45, 7) is 5.17. The zero-order valence-electron chi connectivity index (χ0n) is 14.6. The minimum absolute atomic E-state index is 0.305. The van der Waals surface area contributed by atoms with Crippen molar-refractivity contribution in [3.63, 3.8) is 0 Å². The summed E-state index contributed by atoms with van der Waals surface area (Å²) in [6, 6.07) is 9.60. The molecule has 0 saturated carbocycles. The second-order valence-electron chi connectivity index (χ2n) is 5.96. The maximum atomic E-state index is 12.4. The lowest BCUT2D eigenvalue weighted by Gasteiger charge is -2.27. The van der Waals surface area contributed by atoms with Crippen molar-refractivity contribution in [1.29, 1.82) is 0 Å². The Bertz CT molecular complexity index is 914. The summed E-state index contributed by atoms with van der Waals surface area (Å²) in [6.07, 6.45) is 3.67. The zero-order chi connectivity index (χ0) is 17.9. The fourth-order valence-electron chi connectivity index (χ4n) is 3.12. The quantitative estimate of drug-likeness (QED) is 0.672. The van der Waals surface area contributed by atoms with Crippen LogP contribution in [0.4, 0.5) is 5.82 Å². The van der Waals surface area contributed by atoms with Crippen LogP contribution < -0.4 is 4.90 Å². The molecule has 134 valence electrons. The molecule has 0 bridgehead atoms. The van der Waals surface area contributed by atoms with Gasteiger partial charge >= 0.3 is 5.97 Å². The van der Waals surface area contributed by atoms with E-state index in [4.69, 9.17) is 9.47 Å². The first-order chi connectivity index (χ1) is 12.8. The van der Waals surface area contributed by atoms with Crippen molar-refractivity contribution in [2.24, 2.45) is 0 Å². The molecule has 0 spiro atoms. The van der Waals surface area contributed by atoms with Crippen LogP contribution in [0.5, 0.6) is 0 Å². The molecular weight excluding hydrogens is 332 g/mol. The molecule has 0 unspecified atom stereocenters. The summed E-state index contributed by atoms with van der Waals surface area (Å²) in [5, 5.41) is 0. The van der Waals surface area contributed by atoms with Crippen LogP contribution in [0.2, 0.25) is 0 Å². The van der Waals surface area contributed by atoms with Gasteiger partial charge in [-0.05, 0) is 31.2 Å². The smallest absolute Gasteiger partial charge is 0.359 e. The molecule has 0 N–H and O–H groups in total. The van der Waals surface area contributed by atoms with Crippen molar-refractivity contribution < 1.29 is 14.3 Å². The van der Waals surface area contributed by atoms with Crippen LogP contribution in [-0.2, 0) is 9.47 Å². The summed E-state index contributed by atoms with van der Waals surface area (Å²) in [4.78, 5) is 23.6. The molecule has 1 aliphatic heterocycles.